The molecular weight excluding hydrogens is 565 g/mol. The smallest absolute Gasteiger partial charge is 0.444 e. The molecule has 0 radical (unpaired) electrons. The Labute approximate surface area is 273 Å². The number of nitrogens with one attached hydrogen (secondary N) is 1. The molecular formula is C36H64BN3O5. The highest BCUT2D eigenvalue weighted by Crippen LogP contribution is 2.47. The van der Waals surface area contributed by atoms with Crippen molar-refractivity contribution >= 4 is 19.1 Å². The summed E-state index contributed by atoms with van der Waals surface area (Å²) in [5, 5.41) is 23.1. The maximum Gasteiger partial charge on any atom is 0.455 e. The number of likely N-dealkylation sites (tertiary alicyclic amines) is 1. The molecule has 5 rings (SSSR count). The number of carbonyl (C=O) groups excluding carboxylic acids is 2. The first-order valence-corrected chi connectivity index (χ1v) is 18.8. The molecule has 9 heteroatoms. The van der Waals surface area contributed by atoms with E-state index in [4.69, 9.17) is 4.74 Å². The Bertz CT molecular complexity index is 967. The van der Waals surface area contributed by atoms with Gasteiger partial charge in [-0.2, -0.15) is 0 Å². The van der Waals surface area contributed by atoms with Gasteiger partial charge in [0.15, 0.2) is 0 Å². The monoisotopic (exact) mass is 629 g/mol. The number of nitrogens with zero attached hydrogens (tertiary/aromatic N) is 2. The van der Waals surface area contributed by atoms with Crippen LogP contribution in [-0.2, 0) is 9.53 Å². The third-order valence-corrected chi connectivity index (χ3v) is 12.7. The van der Waals surface area contributed by atoms with Crippen molar-refractivity contribution in [2.24, 2.45) is 41.4 Å². The summed E-state index contributed by atoms with van der Waals surface area (Å²) >= 11 is 0. The van der Waals surface area contributed by atoms with Gasteiger partial charge in [-0.3, -0.25) is 4.79 Å². The van der Waals surface area contributed by atoms with E-state index in [0.717, 1.165) is 64.6 Å². The lowest BCUT2D eigenvalue weighted by atomic mass is 9.59. The number of ether oxygens (including phenoxy) is 1. The maximum atomic E-state index is 14.1. The van der Waals surface area contributed by atoms with Gasteiger partial charge in [-0.15, -0.1) is 0 Å². The highest BCUT2D eigenvalue weighted by molar-refractivity contribution is 6.43. The standard InChI is InChI=1S/C36H64BN3O5/c1-36(2,3)45-35(42)38-23-25-10-7-12-27(22-25)26-18-20-40(21-19-26)34(41)31-15-8-14-30-29(31)13-9-17-33(30)39(4)24-28-11-5-6-16-32(28)37(43)44/h25-33,43-44H,5-24H2,1-4H3,(H,38,42). The summed E-state index contributed by atoms with van der Waals surface area (Å²) < 4.78 is 5.44. The number of amides is 2. The topological polar surface area (TPSA) is 102 Å². The molecule has 1 heterocycles. The van der Waals surface area contributed by atoms with Gasteiger partial charge < -0.3 is 29.9 Å². The van der Waals surface area contributed by atoms with Crippen LogP contribution >= 0.6 is 0 Å². The van der Waals surface area contributed by atoms with Gasteiger partial charge in [-0.05, 0) is 127 Å². The lowest BCUT2D eigenvalue weighted by Crippen LogP contribution is -2.53. The first-order valence-electron chi connectivity index (χ1n) is 18.8. The summed E-state index contributed by atoms with van der Waals surface area (Å²) in [6, 6.07) is 0.507. The predicted molar refractivity (Wildman–Crippen MR) is 179 cm³/mol. The van der Waals surface area contributed by atoms with Crippen molar-refractivity contribution in [1.82, 2.24) is 15.1 Å². The molecule has 2 amide bonds. The average molecular weight is 630 g/mol. The summed E-state index contributed by atoms with van der Waals surface area (Å²) in [5.41, 5.74) is -0.469. The number of hydrogen-bond acceptors (Lipinski definition) is 6. The van der Waals surface area contributed by atoms with Gasteiger partial charge in [-0.1, -0.05) is 44.9 Å². The molecule has 1 saturated heterocycles. The van der Waals surface area contributed by atoms with E-state index >= 15 is 0 Å². The number of piperidine rings is 1. The molecule has 0 aromatic carbocycles. The summed E-state index contributed by atoms with van der Waals surface area (Å²) in [7, 11) is 1.06. The van der Waals surface area contributed by atoms with Crippen LogP contribution in [-0.4, -0.2) is 83.8 Å². The van der Waals surface area contributed by atoms with E-state index in [-0.39, 0.29) is 17.8 Å². The van der Waals surface area contributed by atoms with Crippen LogP contribution in [0.25, 0.3) is 0 Å². The van der Waals surface area contributed by atoms with E-state index in [9.17, 15) is 19.6 Å². The second-order valence-electron chi connectivity index (χ2n) is 16.8. The highest BCUT2D eigenvalue weighted by Gasteiger charge is 2.46. The van der Waals surface area contributed by atoms with E-state index in [1.54, 1.807) is 0 Å². The number of alkyl carbamates (subject to hydrolysis) is 1. The van der Waals surface area contributed by atoms with E-state index < -0.39 is 12.7 Å². The van der Waals surface area contributed by atoms with Crippen molar-refractivity contribution in [3.05, 3.63) is 0 Å². The molecule has 5 aliphatic rings. The van der Waals surface area contributed by atoms with Crippen LogP contribution in [0.1, 0.15) is 124 Å². The van der Waals surface area contributed by atoms with Gasteiger partial charge >= 0.3 is 13.2 Å². The molecule has 4 aliphatic carbocycles. The first kappa shape index (κ1) is 35.0. The normalized spacial score (nSPS) is 35.0. The van der Waals surface area contributed by atoms with Crippen LogP contribution in [0, 0.1) is 41.4 Å². The van der Waals surface area contributed by atoms with Crippen LogP contribution in [0.3, 0.4) is 0 Å². The lowest BCUT2D eigenvalue weighted by molar-refractivity contribution is -0.143. The van der Waals surface area contributed by atoms with Gasteiger partial charge in [0.25, 0.3) is 0 Å². The molecule has 0 aromatic heterocycles. The fourth-order valence-corrected chi connectivity index (χ4v) is 10.5. The van der Waals surface area contributed by atoms with Crippen LogP contribution in [0.2, 0.25) is 5.82 Å². The van der Waals surface area contributed by atoms with Crippen molar-refractivity contribution in [1.29, 1.82) is 0 Å². The first-order chi connectivity index (χ1) is 21.5. The Hall–Kier alpha value is -1.32. The molecule has 1 aliphatic heterocycles. The quantitative estimate of drug-likeness (QED) is 0.280. The van der Waals surface area contributed by atoms with E-state index in [1.807, 2.05) is 20.8 Å². The minimum Gasteiger partial charge on any atom is -0.444 e. The molecule has 45 heavy (non-hydrogen) atoms. The number of hydrogen-bond donors (Lipinski definition) is 3. The number of rotatable bonds is 8. The predicted octanol–water partition coefficient (Wildman–Crippen LogP) is 6.11. The summed E-state index contributed by atoms with van der Waals surface area (Å²) in [5.74, 6) is 3.94. The summed E-state index contributed by atoms with van der Waals surface area (Å²) in [4.78, 5) is 31.1. The Morgan fingerprint density at radius 3 is 2.27 bits per heavy atom. The largest absolute Gasteiger partial charge is 0.455 e. The molecule has 3 N–H and O–H groups in total. The Morgan fingerprint density at radius 1 is 0.844 bits per heavy atom. The van der Waals surface area contributed by atoms with Gasteiger partial charge in [0, 0.05) is 38.1 Å². The molecule has 5 fully saturated rings. The Morgan fingerprint density at radius 2 is 1.53 bits per heavy atom. The van der Waals surface area contributed by atoms with E-state index in [2.05, 4.69) is 22.2 Å². The zero-order chi connectivity index (χ0) is 32.1. The van der Waals surface area contributed by atoms with Crippen molar-refractivity contribution in [3.63, 3.8) is 0 Å². The molecule has 0 spiro atoms. The van der Waals surface area contributed by atoms with Gasteiger partial charge in [0.2, 0.25) is 5.91 Å². The lowest BCUT2D eigenvalue weighted by Gasteiger charge is -2.50. The third-order valence-electron chi connectivity index (χ3n) is 12.7. The van der Waals surface area contributed by atoms with Crippen molar-refractivity contribution in [2.45, 2.75) is 141 Å². The molecule has 0 bridgehead atoms. The van der Waals surface area contributed by atoms with Crippen molar-refractivity contribution in [3.8, 4) is 0 Å². The fraction of sp³-hybridized carbons (Fsp3) is 0.944. The highest BCUT2D eigenvalue weighted by atomic mass is 16.6. The van der Waals surface area contributed by atoms with E-state index in [0.29, 0.717) is 54.0 Å². The van der Waals surface area contributed by atoms with Crippen LogP contribution in [0.5, 0.6) is 0 Å². The second kappa shape index (κ2) is 15.7. The number of fused-ring (bicyclic) bond motifs is 1. The fourth-order valence-electron chi connectivity index (χ4n) is 10.5. The molecule has 8 unspecified atom stereocenters. The summed E-state index contributed by atoms with van der Waals surface area (Å²) in [6.07, 6.45) is 18.1. The van der Waals surface area contributed by atoms with Gasteiger partial charge in [-0.25, -0.2) is 4.79 Å². The second-order valence-corrected chi connectivity index (χ2v) is 16.8. The maximum absolute atomic E-state index is 14.1. The zero-order valence-electron chi connectivity index (χ0n) is 28.9. The van der Waals surface area contributed by atoms with Crippen LogP contribution in [0.4, 0.5) is 4.79 Å². The van der Waals surface area contributed by atoms with Gasteiger partial charge in [0.05, 0.1) is 0 Å². The zero-order valence-corrected chi connectivity index (χ0v) is 28.9. The Balaban J connectivity index is 1.10. The molecule has 8 nitrogen and oxygen atoms in total. The van der Waals surface area contributed by atoms with Crippen molar-refractivity contribution < 1.29 is 24.4 Å². The molecule has 4 saturated carbocycles. The third kappa shape index (κ3) is 9.19. The van der Waals surface area contributed by atoms with E-state index in [1.165, 1.54) is 57.8 Å². The number of carbonyl (C=O) groups is 2. The summed E-state index contributed by atoms with van der Waals surface area (Å²) in [6.45, 7) is 9.16. The minimum absolute atomic E-state index is 0.00223. The van der Waals surface area contributed by atoms with Crippen molar-refractivity contribution in [2.75, 3.05) is 33.2 Å². The van der Waals surface area contributed by atoms with Crippen LogP contribution < -0.4 is 5.32 Å². The molecule has 256 valence electrons. The SMILES string of the molecule is CN(CC1CCCCC1B(O)O)C1CCCC2C(C(=O)N3CCC(C4CCCC(CNC(=O)OC(C)(C)C)C4)CC3)CCCC21. The van der Waals surface area contributed by atoms with Crippen LogP contribution in [0.15, 0.2) is 0 Å². The minimum atomic E-state index is -1.20. The molecule has 0 aromatic rings. The average Bonchev–Trinajstić information content (AvgIpc) is 3.02. The Kier molecular flexibility index (Phi) is 12.2. The molecule has 8 atom stereocenters. The van der Waals surface area contributed by atoms with Gasteiger partial charge in [0.1, 0.15) is 5.60 Å².